The van der Waals surface area contributed by atoms with Crippen molar-refractivity contribution >= 4 is 11.9 Å². The van der Waals surface area contributed by atoms with Crippen LogP contribution in [0.2, 0.25) is 0 Å². The summed E-state index contributed by atoms with van der Waals surface area (Å²) < 4.78 is 5.80. The number of H-pyrrole nitrogens is 1. The first-order valence-electron chi connectivity index (χ1n) is 6.27. The minimum atomic E-state index is -0.215. The number of fused-ring (bicyclic) bond motifs is 1. The molecule has 0 spiro atoms. The molecule has 2 aromatic rings. The molecule has 5 heteroatoms. The van der Waals surface area contributed by atoms with Gasteiger partial charge >= 0.3 is 0 Å². The average molecular weight is 257 g/mol. The van der Waals surface area contributed by atoms with Crippen molar-refractivity contribution in [1.82, 2.24) is 9.97 Å². The molecule has 3 rings (SSSR count). The molecule has 2 unspecified atom stereocenters. The highest BCUT2D eigenvalue weighted by atomic mass is 16.5. The maximum Gasteiger partial charge on any atom is 0.261 e. The molecule has 0 saturated heterocycles. The van der Waals surface area contributed by atoms with Gasteiger partial charge in [-0.3, -0.25) is 10.1 Å². The number of rotatable bonds is 2. The molecule has 0 saturated carbocycles. The van der Waals surface area contributed by atoms with Crippen LogP contribution in [0.3, 0.4) is 0 Å². The minimum Gasteiger partial charge on any atom is -0.489 e. The Kier molecular flexibility index (Phi) is 2.74. The number of benzene rings is 1. The Morgan fingerprint density at radius 2 is 2.26 bits per heavy atom. The van der Waals surface area contributed by atoms with Crippen LogP contribution in [0.1, 0.15) is 35.7 Å². The number of imidazole rings is 1. The lowest BCUT2D eigenvalue weighted by Crippen LogP contribution is -2.15. The maximum atomic E-state index is 12.2. The van der Waals surface area contributed by atoms with Crippen LogP contribution < -0.4 is 10.1 Å². The number of carbonyl (C=O) groups excluding carboxylic acids is 1. The van der Waals surface area contributed by atoms with E-state index in [0.717, 1.165) is 5.56 Å². The number of para-hydroxylation sites is 1. The van der Waals surface area contributed by atoms with E-state index >= 15 is 0 Å². The van der Waals surface area contributed by atoms with Crippen molar-refractivity contribution < 1.29 is 9.53 Å². The number of hydrogen-bond donors (Lipinski definition) is 2. The van der Waals surface area contributed by atoms with E-state index in [4.69, 9.17) is 4.74 Å². The van der Waals surface area contributed by atoms with Crippen molar-refractivity contribution in [2.45, 2.75) is 25.9 Å². The number of nitrogens with zero attached hydrogens (tertiary/aromatic N) is 1. The summed E-state index contributed by atoms with van der Waals surface area (Å²) in [6.45, 7) is 4.11. The summed E-state index contributed by atoms with van der Waals surface area (Å²) in [5.74, 6) is 1.20. The number of carbonyl (C=O) groups is 1. The van der Waals surface area contributed by atoms with Crippen molar-refractivity contribution in [3.63, 3.8) is 0 Å². The van der Waals surface area contributed by atoms with E-state index < -0.39 is 0 Å². The molecule has 2 N–H and O–H groups in total. The Morgan fingerprint density at radius 3 is 3.00 bits per heavy atom. The quantitative estimate of drug-likeness (QED) is 0.868. The molecule has 1 aliphatic rings. The van der Waals surface area contributed by atoms with Gasteiger partial charge < -0.3 is 9.72 Å². The van der Waals surface area contributed by atoms with Gasteiger partial charge in [0.2, 0.25) is 5.95 Å². The second-order valence-electron chi connectivity index (χ2n) is 4.73. The van der Waals surface area contributed by atoms with E-state index in [1.54, 1.807) is 18.5 Å². The smallest absolute Gasteiger partial charge is 0.261 e. The number of amides is 1. The van der Waals surface area contributed by atoms with Gasteiger partial charge in [-0.15, -0.1) is 0 Å². The first-order valence-corrected chi connectivity index (χ1v) is 6.27. The predicted molar refractivity (Wildman–Crippen MR) is 71.5 cm³/mol. The Balaban J connectivity index is 1.92. The Labute approximate surface area is 111 Å². The molecule has 0 fully saturated rings. The summed E-state index contributed by atoms with van der Waals surface area (Å²) in [5.41, 5.74) is 1.63. The lowest BCUT2D eigenvalue weighted by molar-refractivity contribution is 0.102. The monoisotopic (exact) mass is 257 g/mol. The normalized spacial score (nSPS) is 20.7. The van der Waals surface area contributed by atoms with E-state index in [9.17, 15) is 4.79 Å². The molecule has 5 nitrogen and oxygen atoms in total. The topological polar surface area (TPSA) is 67.0 Å². The lowest BCUT2D eigenvalue weighted by atomic mass is 9.97. The fourth-order valence-corrected chi connectivity index (χ4v) is 2.27. The summed E-state index contributed by atoms with van der Waals surface area (Å²) in [6.07, 6.45) is 3.34. The van der Waals surface area contributed by atoms with Crippen LogP contribution in [0.4, 0.5) is 5.95 Å². The number of hydrogen-bond acceptors (Lipinski definition) is 3. The number of ether oxygens (including phenoxy) is 1. The molecule has 0 radical (unpaired) electrons. The molecular formula is C14H15N3O2. The van der Waals surface area contributed by atoms with E-state index in [1.807, 2.05) is 19.1 Å². The van der Waals surface area contributed by atoms with Crippen molar-refractivity contribution in [3.05, 3.63) is 41.7 Å². The molecule has 0 aliphatic carbocycles. The van der Waals surface area contributed by atoms with E-state index in [0.29, 0.717) is 23.2 Å². The standard InChI is InChI=1S/C14H15N3O2/c1-8-9(2)19-12-10(8)4-3-5-11(12)13(18)17-14-15-6-7-16-14/h3-9H,1-2H3,(H2,15,16,17,18). The highest BCUT2D eigenvalue weighted by Gasteiger charge is 2.31. The molecular weight excluding hydrogens is 242 g/mol. The minimum absolute atomic E-state index is 0.0903. The Hall–Kier alpha value is -2.30. The molecule has 1 aromatic carbocycles. The van der Waals surface area contributed by atoms with Crippen LogP contribution in [0.25, 0.3) is 0 Å². The SMILES string of the molecule is CC1Oc2c(C(=O)Nc3ncc[nH]3)cccc2C1C. The highest BCUT2D eigenvalue weighted by Crippen LogP contribution is 2.40. The summed E-state index contributed by atoms with van der Waals surface area (Å²) in [7, 11) is 0. The molecule has 2 atom stereocenters. The molecule has 1 aliphatic heterocycles. The van der Waals surface area contributed by atoms with Crippen molar-refractivity contribution in [2.75, 3.05) is 5.32 Å². The molecule has 2 heterocycles. The molecule has 98 valence electrons. The van der Waals surface area contributed by atoms with E-state index in [2.05, 4.69) is 22.2 Å². The molecule has 19 heavy (non-hydrogen) atoms. The Bertz CT molecular complexity index is 607. The van der Waals surface area contributed by atoms with Crippen LogP contribution in [-0.2, 0) is 0 Å². The van der Waals surface area contributed by atoms with Gasteiger partial charge in [0.1, 0.15) is 11.9 Å². The molecule has 1 amide bonds. The van der Waals surface area contributed by atoms with E-state index in [-0.39, 0.29) is 12.0 Å². The first-order chi connectivity index (χ1) is 9.16. The zero-order valence-corrected chi connectivity index (χ0v) is 10.8. The fourth-order valence-electron chi connectivity index (χ4n) is 2.27. The number of nitrogens with one attached hydrogen (secondary N) is 2. The second kappa shape index (κ2) is 4.42. The summed E-state index contributed by atoms with van der Waals surface area (Å²) in [6, 6.07) is 5.66. The van der Waals surface area contributed by atoms with Gasteiger partial charge in [-0.2, -0.15) is 0 Å². The first kappa shape index (κ1) is 11.8. The van der Waals surface area contributed by atoms with Crippen LogP contribution in [0, 0.1) is 0 Å². The van der Waals surface area contributed by atoms with Gasteiger partial charge in [-0.05, 0) is 13.0 Å². The van der Waals surface area contributed by atoms with Gasteiger partial charge in [-0.25, -0.2) is 4.98 Å². The molecule has 1 aromatic heterocycles. The Morgan fingerprint density at radius 1 is 1.42 bits per heavy atom. The average Bonchev–Trinajstić information content (AvgIpc) is 2.99. The van der Waals surface area contributed by atoms with E-state index in [1.165, 1.54) is 0 Å². The maximum absolute atomic E-state index is 12.2. The third kappa shape index (κ3) is 1.97. The highest BCUT2D eigenvalue weighted by molar-refractivity contribution is 6.05. The number of anilines is 1. The zero-order chi connectivity index (χ0) is 13.4. The summed E-state index contributed by atoms with van der Waals surface area (Å²) in [5, 5.41) is 2.71. The van der Waals surface area contributed by atoms with Gasteiger partial charge in [-0.1, -0.05) is 19.1 Å². The van der Waals surface area contributed by atoms with Crippen LogP contribution in [-0.4, -0.2) is 22.0 Å². The third-order valence-electron chi connectivity index (χ3n) is 3.52. The third-order valence-corrected chi connectivity index (χ3v) is 3.52. The predicted octanol–water partition coefficient (Wildman–Crippen LogP) is 2.55. The van der Waals surface area contributed by atoms with Crippen molar-refractivity contribution in [3.8, 4) is 5.75 Å². The van der Waals surface area contributed by atoms with Crippen LogP contribution in [0.5, 0.6) is 5.75 Å². The van der Waals surface area contributed by atoms with Crippen molar-refractivity contribution in [1.29, 1.82) is 0 Å². The summed E-state index contributed by atoms with van der Waals surface area (Å²) >= 11 is 0. The van der Waals surface area contributed by atoms with Crippen molar-refractivity contribution in [2.24, 2.45) is 0 Å². The van der Waals surface area contributed by atoms with Gasteiger partial charge in [0.25, 0.3) is 5.91 Å². The lowest BCUT2D eigenvalue weighted by Gasteiger charge is -2.09. The number of aromatic amines is 1. The van der Waals surface area contributed by atoms with Gasteiger partial charge in [0.15, 0.2) is 0 Å². The van der Waals surface area contributed by atoms with Gasteiger partial charge in [0, 0.05) is 23.9 Å². The number of aromatic nitrogens is 2. The second-order valence-corrected chi connectivity index (χ2v) is 4.73. The summed E-state index contributed by atoms with van der Waals surface area (Å²) in [4.78, 5) is 19.1. The fraction of sp³-hybridized carbons (Fsp3) is 0.286. The largest absolute Gasteiger partial charge is 0.489 e. The molecule has 0 bridgehead atoms. The van der Waals surface area contributed by atoms with Gasteiger partial charge in [0.05, 0.1) is 5.56 Å². The van der Waals surface area contributed by atoms with Crippen LogP contribution >= 0.6 is 0 Å². The zero-order valence-electron chi connectivity index (χ0n) is 10.8. The van der Waals surface area contributed by atoms with Crippen LogP contribution in [0.15, 0.2) is 30.6 Å².